The van der Waals surface area contributed by atoms with Crippen LogP contribution in [-0.2, 0) is 0 Å². The van der Waals surface area contributed by atoms with Gasteiger partial charge in [-0.15, -0.1) is 0 Å². The van der Waals surface area contributed by atoms with Crippen molar-refractivity contribution in [2.45, 2.75) is 38.8 Å². The van der Waals surface area contributed by atoms with Crippen LogP contribution in [0.25, 0.3) is 0 Å². The van der Waals surface area contributed by atoms with Crippen molar-refractivity contribution in [3.63, 3.8) is 0 Å². The minimum atomic E-state index is 0.563. The van der Waals surface area contributed by atoms with Crippen molar-refractivity contribution in [1.82, 2.24) is 5.32 Å². The topological polar surface area (TPSA) is 15.3 Å². The summed E-state index contributed by atoms with van der Waals surface area (Å²) < 4.78 is 0. The number of piperazine rings is 1. The summed E-state index contributed by atoms with van der Waals surface area (Å²) in [6, 6.07) is 9.53. The Hall–Kier alpha value is -0.730. The molecule has 104 valence electrons. The first kappa shape index (κ1) is 13.3. The first-order valence-electron chi connectivity index (χ1n) is 7.40. The van der Waals surface area contributed by atoms with E-state index >= 15 is 0 Å². The lowest BCUT2D eigenvalue weighted by Crippen LogP contribution is -2.59. The number of hydrogen-bond donors (Lipinski definition) is 1. The first-order valence-corrected chi connectivity index (χ1v) is 7.78. The molecule has 2 nitrogen and oxygen atoms in total. The van der Waals surface area contributed by atoms with E-state index in [0.717, 1.165) is 24.0 Å². The predicted octanol–water partition coefficient (Wildman–Crippen LogP) is 3.55. The minimum Gasteiger partial charge on any atom is -0.365 e. The van der Waals surface area contributed by atoms with E-state index in [2.05, 4.69) is 42.3 Å². The molecule has 1 aliphatic heterocycles. The Morgan fingerprint density at radius 2 is 2.11 bits per heavy atom. The quantitative estimate of drug-likeness (QED) is 0.910. The van der Waals surface area contributed by atoms with Crippen LogP contribution in [0.1, 0.15) is 26.7 Å². The van der Waals surface area contributed by atoms with E-state index in [4.69, 9.17) is 11.6 Å². The van der Waals surface area contributed by atoms with Crippen LogP contribution in [0.4, 0.5) is 5.69 Å². The second-order valence-electron chi connectivity index (χ2n) is 6.30. The van der Waals surface area contributed by atoms with E-state index in [-0.39, 0.29) is 0 Å². The Balaban J connectivity index is 1.83. The minimum absolute atomic E-state index is 0.563. The lowest BCUT2D eigenvalue weighted by atomic mass is 9.96. The highest BCUT2D eigenvalue weighted by molar-refractivity contribution is 6.30. The summed E-state index contributed by atoms with van der Waals surface area (Å²) in [7, 11) is 0. The molecule has 1 aliphatic carbocycles. The number of nitrogens with zero attached hydrogens (tertiary/aromatic N) is 1. The van der Waals surface area contributed by atoms with Gasteiger partial charge in [0, 0.05) is 35.9 Å². The Labute approximate surface area is 121 Å². The molecule has 1 N–H and O–H groups in total. The standard InChI is InChI=1S/C16H23ClN2/c1-11(2)16-9-18-15(12-6-7-12)10-19(16)14-5-3-4-13(17)8-14/h3-5,8,11-12,15-16,18H,6-7,9-10H2,1-2H3. The number of anilines is 1. The van der Waals surface area contributed by atoms with Crippen LogP contribution >= 0.6 is 11.6 Å². The zero-order valence-corrected chi connectivity index (χ0v) is 12.5. The molecule has 3 rings (SSSR count). The molecule has 2 fully saturated rings. The maximum absolute atomic E-state index is 6.16. The van der Waals surface area contributed by atoms with Gasteiger partial charge in [0.25, 0.3) is 0 Å². The van der Waals surface area contributed by atoms with Crippen molar-refractivity contribution in [1.29, 1.82) is 0 Å². The van der Waals surface area contributed by atoms with E-state index in [1.807, 2.05) is 6.07 Å². The third-order valence-corrected chi connectivity index (χ3v) is 4.72. The van der Waals surface area contributed by atoms with Crippen molar-refractivity contribution in [2.75, 3.05) is 18.0 Å². The third kappa shape index (κ3) is 2.90. The SMILES string of the molecule is CC(C)C1CNC(C2CC2)CN1c1cccc(Cl)c1. The molecule has 0 radical (unpaired) electrons. The third-order valence-electron chi connectivity index (χ3n) is 4.48. The van der Waals surface area contributed by atoms with Gasteiger partial charge in [-0.3, -0.25) is 0 Å². The molecule has 1 aromatic rings. The molecule has 1 saturated carbocycles. The average molecular weight is 279 g/mol. The Bertz CT molecular complexity index is 442. The zero-order chi connectivity index (χ0) is 13.4. The monoisotopic (exact) mass is 278 g/mol. The second-order valence-corrected chi connectivity index (χ2v) is 6.73. The van der Waals surface area contributed by atoms with Crippen LogP contribution in [-0.4, -0.2) is 25.2 Å². The summed E-state index contributed by atoms with van der Waals surface area (Å²) in [5.41, 5.74) is 1.28. The predicted molar refractivity (Wildman–Crippen MR) is 81.9 cm³/mol. The normalized spacial score (nSPS) is 27.9. The molecule has 1 heterocycles. The lowest BCUT2D eigenvalue weighted by molar-refractivity contribution is 0.320. The maximum Gasteiger partial charge on any atom is 0.0438 e. The Morgan fingerprint density at radius 1 is 1.32 bits per heavy atom. The van der Waals surface area contributed by atoms with Crippen LogP contribution in [0.5, 0.6) is 0 Å². The summed E-state index contributed by atoms with van der Waals surface area (Å²) in [4.78, 5) is 2.57. The fraction of sp³-hybridized carbons (Fsp3) is 0.625. The molecule has 2 unspecified atom stereocenters. The van der Waals surface area contributed by atoms with Crippen molar-refractivity contribution in [3.05, 3.63) is 29.3 Å². The van der Waals surface area contributed by atoms with Gasteiger partial charge in [-0.2, -0.15) is 0 Å². The van der Waals surface area contributed by atoms with E-state index in [0.29, 0.717) is 18.0 Å². The van der Waals surface area contributed by atoms with Gasteiger partial charge in [0.05, 0.1) is 0 Å². The highest BCUT2D eigenvalue weighted by Gasteiger charge is 2.38. The molecular weight excluding hydrogens is 256 g/mol. The summed E-state index contributed by atoms with van der Waals surface area (Å²) in [5, 5.41) is 4.59. The largest absolute Gasteiger partial charge is 0.365 e. The molecule has 1 saturated heterocycles. The molecule has 0 bridgehead atoms. The summed E-state index contributed by atoms with van der Waals surface area (Å²) in [6.07, 6.45) is 2.79. The van der Waals surface area contributed by atoms with E-state index in [1.165, 1.54) is 18.5 Å². The van der Waals surface area contributed by atoms with Crippen LogP contribution in [0, 0.1) is 11.8 Å². The van der Waals surface area contributed by atoms with E-state index in [1.54, 1.807) is 0 Å². The fourth-order valence-electron chi connectivity index (χ4n) is 3.16. The van der Waals surface area contributed by atoms with Crippen molar-refractivity contribution in [3.8, 4) is 0 Å². The number of nitrogens with one attached hydrogen (secondary N) is 1. The highest BCUT2D eigenvalue weighted by atomic mass is 35.5. The molecule has 1 aromatic carbocycles. The highest BCUT2D eigenvalue weighted by Crippen LogP contribution is 2.36. The average Bonchev–Trinajstić information content (AvgIpc) is 3.22. The van der Waals surface area contributed by atoms with Gasteiger partial charge in [0.2, 0.25) is 0 Å². The molecule has 0 amide bonds. The van der Waals surface area contributed by atoms with Crippen molar-refractivity contribution >= 4 is 17.3 Å². The van der Waals surface area contributed by atoms with Crippen molar-refractivity contribution in [2.24, 2.45) is 11.8 Å². The van der Waals surface area contributed by atoms with Gasteiger partial charge in [0.1, 0.15) is 0 Å². The van der Waals surface area contributed by atoms with Gasteiger partial charge >= 0.3 is 0 Å². The molecule has 2 atom stereocenters. The molecule has 3 heteroatoms. The number of rotatable bonds is 3. The molecule has 0 aromatic heterocycles. The van der Waals surface area contributed by atoms with Crippen LogP contribution in [0.3, 0.4) is 0 Å². The van der Waals surface area contributed by atoms with Gasteiger partial charge in [-0.05, 0) is 42.9 Å². The molecule has 0 spiro atoms. The van der Waals surface area contributed by atoms with E-state index in [9.17, 15) is 0 Å². The van der Waals surface area contributed by atoms with Crippen molar-refractivity contribution < 1.29 is 0 Å². The second kappa shape index (κ2) is 5.34. The van der Waals surface area contributed by atoms with Gasteiger partial charge in [0.15, 0.2) is 0 Å². The first-order chi connectivity index (χ1) is 9.15. The number of hydrogen-bond acceptors (Lipinski definition) is 2. The van der Waals surface area contributed by atoms with Crippen LogP contribution < -0.4 is 10.2 Å². The smallest absolute Gasteiger partial charge is 0.0438 e. The summed E-state index contributed by atoms with van der Waals surface area (Å²) in [5.74, 6) is 1.54. The number of halogens is 1. The Morgan fingerprint density at radius 3 is 2.74 bits per heavy atom. The maximum atomic E-state index is 6.16. The van der Waals surface area contributed by atoms with Gasteiger partial charge in [-0.25, -0.2) is 0 Å². The van der Waals surface area contributed by atoms with Gasteiger partial charge < -0.3 is 10.2 Å². The molecule has 19 heavy (non-hydrogen) atoms. The molecule has 2 aliphatic rings. The lowest BCUT2D eigenvalue weighted by Gasteiger charge is -2.44. The van der Waals surface area contributed by atoms with Crippen LogP contribution in [0.2, 0.25) is 5.02 Å². The fourth-order valence-corrected chi connectivity index (χ4v) is 3.34. The number of benzene rings is 1. The zero-order valence-electron chi connectivity index (χ0n) is 11.8. The van der Waals surface area contributed by atoms with Gasteiger partial charge in [-0.1, -0.05) is 31.5 Å². The molecular formula is C16H23ClN2. The summed E-state index contributed by atoms with van der Waals surface area (Å²) in [6.45, 7) is 6.82. The van der Waals surface area contributed by atoms with Crippen LogP contribution in [0.15, 0.2) is 24.3 Å². The Kier molecular flexibility index (Phi) is 3.72. The van der Waals surface area contributed by atoms with E-state index < -0.39 is 0 Å². The summed E-state index contributed by atoms with van der Waals surface area (Å²) >= 11 is 6.16.